The number of thiocarbonyl (C=S) groups is 1. The van der Waals surface area contributed by atoms with Crippen LogP contribution in [0.3, 0.4) is 0 Å². The van der Waals surface area contributed by atoms with Crippen LogP contribution in [0.25, 0.3) is 28.7 Å². The molecule has 10 heteroatoms. The van der Waals surface area contributed by atoms with Crippen LogP contribution in [0.2, 0.25) is 0 Å². The predicted molar refractivity (Wildman–Crippen MR) is 131 cm³/mol. The number of rotatable bonds is 6. The Morgan fingerprint density at radius 2 is 1.91 bits per heavy atom. The van der Waals surface area contributed by atoms with Gasteiger partial charge in [0.15, 0.2) is 10.9 Å². The zero-order chi connectivity index (χ0) is 23.5. The van der Waals surface area contributed by atoms with Crippen molar-refractivity contribution in [2.24, 2.45) is 0 Å². The van der Waals surface area contributed by atoms with Gasteiger partial charge in [-0.25, -0.2) is 5.10 Å². The minimum absolute atomic E-state index is 0.0488. The van der Waals surface area contributed by atoms with Gasteiger partial charge in [0, 0.05) is 23.5 Å². The van der Waals surface area contributed by atoms with Crippen LogP contribution in [0.4, 0.5) is 0 Å². The molecule has 1 saturated heterocycles. The van der Waals surface area contributed by atoms with E-state index in [0.717, 1.165) is 29.7 Å². The number of benzene rings is 1. The summed E-state index contributed by atoms with van der Waals surface area (Å²) >= 11 is 5.26. The highest BCUT2D eigenvalue weighted by Crippen LogP contribution is 2.24. The van der Waals surface area contributed by atoms with E-state index in [1.54, 1.807) is 6.08 Å². The van der Waals surface area contributed by atoms with Gasteiger partial charge in [-0.1, -0.05) is 48.1 Å². The highest BCUT2D eigenvalue weighted by Gasteiger charge is 2.33. The average Bonchev–Trinajstić information content (AvgIpc) is 3.55. The second-order valence-corrected chi connectivity index (χ2v) is 8.36. The minimum Gasteiger partial charge on any atom is -0.355 e. The molecule has 3 heterocycles. The Kier molecular flexibility index (Phi) is 5.96. The number of hydrogen-bond donors (Lipinski definition) is 3. The van der Waals surface area contributed by atoms with E-state index in [1.807, 2.05) is 42.5 Å². The monoisotopic (exact) mass is 471 g/mol. The fourth-order valence-electron chi connectivity index (χ4n) is 3.92. The molecular formula is C24H21N7O2S. The zero-order valence-electron chi connectivity index (χ0n) is 18.1. The van der Waals surface area contributed by atoms with Crippen LogP contribution in [0, 0.1) is 0 Å². The van der Waals surface area contributed by atoms with E-state index in [-0.39, 0.29) is 16.6 Å². The number of aromatic nitrogens is 5. The summed E-state index contributed by atoms with van der Waals surface area (Å²) in [6.07, 6.45) is 10.5. The van der Waals surface area contributed by atoms with Crippen LogP contribution >= 0.6 is 12.2 Å². The first-order valence-corrected chi connectivity index (χ1v) is 11.3. The molecule has 0 saturated carbocycles. The largest absolute Gasteiger partial charge is 0.355 e. The summed E-state index contributed by atoms with van der Waals surface area (Å²) in [6, 6.07) is 11.4. The SMILES string of the molecule is O=C1NC(=S)N(CCC2=CC=CCC2)C(=O)C1=Cc1ccc(-c2ccc(-c3nnn[nH]3)cc2)[nH]1. The molecular weight excluding hydrogens is 450 g/mol. The standard InChI is InChI=1S/C24H21N7O2S/c32-22-19(23(33)31(24(34)26-22)13-12-15-4-2-1-3-5-15)14-18-10-11-20(25-18)16-6-8-17(9-7-16)21-27-29-30-28-21/h1-2,4,6-11,14,25H,3,5,12-13H2,(H,26,32,34)(H,27,28,29,30). The Labute approximate surface area is 200 Å². The van der Waals surface area contributed by atoms with E-state index in [1.165, 1.54) is 10.5 Å². The van der Waals surface area contributed by atoms with Crippen LogP contribution in [0.5, 0.6) is 0 Å². The molecule has 3 aromatic rings. The van der Waals surface area contributed by atoms with Crippen LogP contribution in [-0.4, -0.2) is 54.0 Å². The summed E-state index contributed by atoms with van der Waals surface area (Å²) in [6.45, 7) is 0.429. The van der Waals surface area contributed by atoms with E-state index >= 15 is 0 Å². The van der Waals surface area contributed by atoms with Gasteiger partial charge in [-0.2, -0.15) is 0 Å². The van der Waals surface area contributed by atoms with E-state index in [2.05, 4.69) is 43.1 Å². The maximum Gasteiger partial charge on any atom is 0.265 e. The van der Waals surface area contributed by atoms with Gasteiger partial charge < -0.3 is 4.98 Å². The highest BCUT2D eigenvalue weighted by atomic mass is 32.1. The lowest BCUT2D eigenvalue weighted by Crippen LogP contribution is -2.54. The molecule has 1 aromatic carbocycles. The zero-order valence-corrected chi connectivity index (χ0v) is 18.9. The highest BCUT2D eigenvalue weighted by molar-refractivity contribution is 7.80. The molecule has 1 aliphatic carbocycles. The van der Waals surface area contributed by atoms with Gasteiger partial charge in [-0.15, -0.1) is 5.10 Å². The summed E-state index contributed by atoms with van der Waals surface area (Å²) in [5.41, 5.74) is 4.61. The van der Waals surface area contributed by atoms with Crippen LogP contribution in [0.1, 0.15) is 25.0 Å². The van der Waals surface area contributed by atoms with E-state index in [0.29, 0.717) is 24.5 Å². The van der Waals surface area contributed by atoms with Crippen molar-refractivity contribution in [1.29, 1.82) is 0 Å². The van der Waals surface area contributed by atoms with Crippen LogP contribution in [-0.2, 0) is 9.59 Å². The first-order valence-electron chi connectivity index (χ1n) is 10.9. The third kappa shape index (κ3) is 4.48. The lowest BCUT2D eigenvalue weighted by Gasteiger charge is -2.29. The second kappa shape index (κ2) is 9.36. The molecule has 0 unspecified atom stereocenters. The molecule has 0 bridgehead atoms. The molecule has 3 N–H and O–H groups in total. The molecule has 34 heavy (non-hydrogen) atoms. The maximum atomic E-state index is 13.1. The quantitative estimate of drug-likeness (QED) is 0.289. The van der Waals surface area contributed by atoms with Crippen molar-refractivity contribution >= 4 is 35.2 Å². The number of carbonyl (C=O) groups excluding carboxylic acids is 2. The Morgan fingerprint density at radius 1 is 1.09 bits per heavy atom. The molecule has 0 spiro atoms. The van der Waals surface area contributed by atoms with Crippen molar-refractivity contribution in [2.45, 2.75) is 19.3 Å². The van der Waals surface area contributed by atoms with Crippen molar-refractivity contribution < 1.29 is 9.59 Å². The minimum atomic E-state index is -0.493. The fraction of sp³-hybridized carbons (Fsp3) is 0.167. The molecule has 2 aliphatic rings. The first-order chi connectivity index (χ1) is 16.6. The van der Waals surface area contributed by atoms with E-state index in [9.17, 15) is 9.59 Å². The lowest BCUT2D eigenvalue weighted by atomic mass is 10.0. The molecule has 0 atom stereocenters. The summed E-state index contributed by atoms with van der Waals surface area (Å²) in [5, 5.41) is 16.6. The lowest BCUT2D eigenvalue weighted by molar-refractivity contribution is -0.128. The van der Waals surface area contributed by atoms with Gasteiger partial charge in [-0.3, -0.25) is 19.8 Å². The van der Waals surface area contributed by atoms with E-state index in [4.69, 9.17) is 12.2 Å². The van der Waals surface area contributed by atoms with Gasteiger partial charge >= 0.3 is 0 Å². The topological polar surface area (TPSA) is 120 Å². The normalized spacial score (nSPS) is 17.3. The number of allylic oxidation sites excluding steroid dienone is 3. The van der Waals surface area contributed by atoms with E-state index < -0.39 is 5.91 Å². The van der Waals surface area contributed by atoms with Crippen LogP contribution < -0.4 is 5.32 Å². The molecule has 1 aliphatic heterocycles. The van der Waals surface area contributed by atoms with Gasteiger partial charge in [0.25, 0.3) is 11.8 Å². The molecule has 5 rings (SSSR count). The van der Waals surface area contributed by atoms with Crippen molar-refractivity contribution in [3.05, 3.63) is 71.5 Å². The number of tetrazole rings is 1. The number of carbonyl (C=O) groups is 2. The van der Waals surface area contributed by atoms with Gasteiger partial charge in [0.2, 0.25) is 0 Å². The van der Waals surface area contributed by atoms with Gasteiger partial charge in [-0.05, 0) is 65.7 Å². The van der Waals surface area contributed by atoms with Crippen molar-refractivity contribution in [2.75, 3.05) is 6.54 Å². The van der Waals surface area contributed by atoms with Crippen molar-refractivity contribution in [1.82, 2.24) is 35.8 Å². The van der Waals surface area contributed by atoms with Gasteiger partial charge in [0.05, 0.1) is 0 Å². The van der Waals surface area contributed by atoms with Gasteiger partial charge in [0.1, 0.15) is 5.57 Å². The third-order valence-corrected chi connectivity index (χ3v) is 6.09. The number of amides is 2. The van der Waals surface area contributed by atoms with Crippen LogP contribution in [0.15, 0.2) is 65.8 Å². The summed E-state index contributed by atoms with van der Waals surface area (Å²) in [4.78, 5) is 30.3. The molecule has 1 fully saturated rings. The maximum absolute atomic E-state index is 13.1. The summed E-state index contributed by atoms with van der Waals surface area (Å²) in [7, 11) is 0. The molecule has 9 nitrogen and oxygen atoms in total. The number of nitrogens with one attached hydrogen (secondary N) is 3. The fourth-order valence-corrected chi connectivity index (χ4v) is 4.19. The van der Waals surface area contributed by atoms with Crippen molar-refractivity contribution in [3.63, 3.8) is 0 Å². The third-order valence-electron chi connectivity index (χ3n) is 5.77. The molecule has 2 aromatic heterocycles. The predicted octanol–water partition coefficient (Wildman–Crippen LogP) is 3.16. The molecule has 170 valence electrons. The number of aromatic amines is 2. The van der Waals surface area contributed by atoms with Crippen molar-refractivity contribution in [3.8, 4) is 22.6 Å². The average molecular weight is 472 g/mol. The smallest absolute Gasteiger partial charge is 0.265 e. The summed E-state index contributed by atoms with van der Waals surface area (Å²) in [5.74, 6) is -0.293. The number of nitrogens with zero attached hydrogens (tertiary/aromatic N) is 4. The Morgan fingerprint density at radius 3 is 2.65 bits per heavy atom. The Balaban J connectivity index is 1.32. The summed E-state index contributed by atoms with van der Waals surface area (Å²) < 4.78 is 0. The Hall–Kier alpha value is -4.18. The molecule has 2 amide bonds. The number of H-pyrrole nitrogens is 2. The Bertz CT molecular complexity index is 1330. The first kappa shape index (κ1) is 21.7. The number of hydrogen-bond acceptors (Lipinski definition) is 6. The molecule has 0 radical (unpaired) electrons. The second-order valence-electron chi connectivity index (χ2n) is 7.97.